The van der Waals surface area contributed by atoms with Crippen LogP contribution in [-0.4, -0.2) is 56.2 Å². The Bertz CT molecular complexity index is 1130. The number of methoxy groups -OCH3 is 2. The van der Waals surface area contributed by atoms with Crippen LogP contribution in [0.3, 0.4) is 0 Å². The van der Waals surface area contributed by atoms with Gasteiger partial charge in [-0.25, -0.2) is 4.90 Å². The molecule has 4 rings (SSSR count). The van der Waals surface area contributed by atoms with Gasteiger partial charge in [0.15, 0.2) is 11.5 Å². The Morgan fingerprint density at radius 2 is 1.55 bits per heavy atom. The normalized spacial score (nSPS) is 21.2. The molecule has 2 aliphatic rings. The summed E-state index contributed by atoms with van der Waals surface area (Å²) in [7, 11) is 3.07. The zero-order chi connectivity index (χ0) is 23.9. The molecule has 0 radical (unpaired) electrons. The van der Waals surface area contributed by atoms with Gasteiger partial charge in [-0.1, -0.05) is 23.8 Å². The number of morpholine rings is 1. The number of aryl methyl sites for hydroxylation is 2. The molecule has 0 spiro atoms. The van der Waals surface area contributed by atoms with Crippen molar-refractivity contribution in [1.82, 2.24) is 4.90 Å². The number of anilines is 1. The maximum Gasteiger partial charge on any atom is 0.282 e. The summed E-state index contributed by atoms with van der Waals surface area (Å²) in [6.45, 7) is 9.00. The third-order valence-corrected chi connectivity index (χ3v) is 6.07. The minimum Gasteiger partial charge on any atom is -0.493 e. The maximum absolute atomic E-state index is 13.8. The second-order valence-electron chi connectivity index (χ2n) is 8.69. The van der Waals surface area contributed by atoms with Crippen molar-refractivity contribution >= 4 is 23.1 Å². The highest BCUT2D eigenvalue weighted by Gasteiger charge is 2.44. The number of benzene rings is 2. The minimum absolute atomic E-state index is 0.0559. The molecule has 0 aliphatic carbocycles. The summed E-state index contributed by atoms with van der Waals surface area (Å²) in [6, 6.07) is 11.0. The van der Waals surface area contributed by atoms with Crippen LogP contribution >= 0.6 is 0 Å². The molecule has 2 aromatic carbocycles. The number of rotatable bonds is 5. The zero-order valence-electron chi connectivity index (χ0n) is 20.0. The van der Waals surface area contributed by atoms with Gasteiger partial charge in [0.2, 0.25) is 0 Å². The molecular formula is C26H30N2O5. The molecule has 1 fully saturated rings. The second kappa shape index (κ2) is 8.90. The molecule has 33 heavy (non-hydrogen) atoms. The molecule has 2 aliphatic heterocycles. The van der Waals surface area contributed by atoms with Crippen LogP contribution in [-0.2, 0) is 14.3 Å². The fourth-order valence-electron chi connectivity index (χ4n) is 4.71. The van der Waals surface area contributed by atoms with E-state index in [9.17, 15) is 9.59 Å². The number of hydrogen-bond donors (Lipinski definition) is 0. The van der Waals surface area contributed by atoms with Gasteiger partial charge in [0.25, 0.3) is 11.8 Å². The fraction of sp³-hybridized carbons (Fsp3) is 0.385. The number of carbonyl (C=O) groups is 2. The minimum atomic E-state index is -0.346. The average molecular weight is 451 g/mol. The first-order chi connectivity index (χ1) is 15.7. The van der Waals surface area contributed by atoms with Crippen LogP contribution in [0.2, 0.25) is 0 Å². The molecule has 2 heterocycles. The first kappa shape index (κ1) is 22.9. The third-order valence-electron chi connectivity index (χ3n) is 6.07. The van der Waals surface area contributed by atoms with E-state index in [-0.39, 0.29) is 24.0 Å². The van der Waals surface area contributed by atoms with Crippen molar-refractivity contribution in [3.8, 4) is 11.5 Å². The fourth-order valence-corrected chi connectivity index (χ4v) is 4.71. The lowest BCUT2D eigenvalue weighted by Crippen LogP contribution is -2.47. The van der Waals surface area contributed by atoms with E-state index in [0.29, 0.717) is 41.5 Å². The lowest BCUT2D eigenvalue weighted by molar-refractivity contribution is -0.121. The van der Waals surface area contributed by atoms with Crippen LogP contribution < -0.4 is 14.4 Å². The number of carbonyl (C=O) groups excluding carboxylic acids is 2. The summed E-state index contributed by atoms with van der Waals surface area (Å²) in [6.07, 6.45) is -0.112. The van der Waals surface area contributed by atoms with Crippen molar-refractivity contribution in [3.05, 3.63) is 58.8 Å². The quantitative estimate of drug-likeness (QED) is 0.647. The average Bonchev–Trinajstić information content (AvgIpc) is 3.02. The summed E-state index contributed by atoms with van der Waals surface area (Å²) in [5.41, 5.74) is 4.10. The van der Waals surface area contributed by atoms with Gasteiger partial charge in [-0.15, -0.1) is 0 Å². The Balaban J connectivity index is 1.86. The Morgan fingerprint density at radius 1 is 0.879 bits per heavy atom. The standard InChI is InChI=1S/C26H30N2O5/c1-15-7-9-20(16(2)11-15)23-24(27-13-17(3)33-18(4)14-27)26(30)28(25(23)29)19-8-10-21(31-5)22(12-19)32-6/h7-12,17-18H,13-14H2,1-6H3. The van der Waals surface area contributed by atoms with E-state index in [1.54, 1.807) is 25.3 Å². The molecule has 0 saturated carbocycles. The van der Waals surface area contributed by atoms with Gasteiger partial charge in [0.05, 0.1) is 37.7 Å². The molecule has 2 atom stereocenters. The number of hydrogen-bond acceptors (Lipinski definition) is 6. The second-order valence-corrected chi connectivity index (χ2v) is 8.69. The molecule has 2 aromatic rings. The van der Waals surface area contributed by atoms with Crippen LogP contribution in [0.1, 0.15) is 30.5 Å². The largest absolute Gasteiger partial charge is 0.493 e. The van der Waals surface area contributed by atoms with E-state index >= 15 is 0 Å². The lowest BCUT2D eigenvalue weighted by atomic mass is 9.97. The molecular weight excluding hydrogens is 420 g/mol. The molecule has 2 amide bonds. The number of ether oxygens (including phenoxy) is 3. The van der Waals surface area contributed by atoms with Crippen molar-refractivity contribution < 1.29 is 23.8 Å². The van der Waals surface area contributed by atoms with E-state index < -0.39 is 0 Å². The SMILES string of the molecule is COc1ccc(N2C(=O)C(c3ccc(C)cc3C)=C(N3CC(C)OC(C)C3)C2=O)cc1OC. The Hall–Kier alpha value is -3.32. The van der Waals surface area contributed by atoms with Gasteiger partial charge in [-0.05, 0) is 51.0 Å². The molecule has 1 saturated heterocycles. The Labute approximate surface area is 194 Å². The number of nitrogens with zero attached hydrogens (tertiary/aromatic N) is 2. The molecule has 7 heteroatoms. The summed E-state index contributed by atoms with van der Waals surface area (Å²) < 4.78 is 16.6. The monoisotopic (exact) mass is 450 g/mol. The predicted molar refractivity (Wildman–Crippen MR) is 126 cm³/mol. The highest BCUT2D eigenvalue weighted by Crippen LogP contribution is 2.39. The van der Waals surface area contributed by atoms with Crippen LogP contribution in [0.4, 0.5) is 5.69 Å². The molecule has 174 valence electrons. The highest BCUT2D eigenvalue weighted by atomic mass is 16.5. The molecule has 7 nitrogen and oxygen atoms in total. The van der Waals surface area contributed by atoms with Gasteiger partial charge >= 0.3 is 0 Å². The van der Waals surface area contributed by atoms with Crippen molar-refractivity contribution in [1.29, 1.82) is 0 Å². The van der Waals surface area contributed by atoms with E-state index in [0.717, 1.165) is 16.7 Å². The maximum atomic E-state index is 13.8. The molecule has 0 N–H and O–H groups in total. The molecule has 0 bridgehead atoms. The van der Waals surface area contributed by atoms with Crippen molar-refractivity contribution in [2.45, 2.75) is 39.9 Å². The number of imide groups is 1. The van der Waals surface area contributed by atoms with Crippen molar-refractivity contribution in [2.75, 3.05) is 32.2 Å². The van der Waals surface area contributed by atoms with Gasteiger partial charge < -0.3 is 19.1 Å². The van der Waals surface area contributed by atoms with Crippen molar-refractivity contribution in [3.63, 3.8) is 0 Å². The number of amides is 2. The Morgan fingerprint density at radius 3 is 2.15 bits per heavy atom. The summed E-state index contributed by atoms with van der Waals surface area (Å²) in [4.78, 5) is 30.9. The summed E-state index contributed by atoms with van der Waals surface area (Å²) >= 11 is 0. The smallest absolute Gasteiger partial charge is 0.282 e. The molecule has 2 unspecified atom stereocenters. The van der Waals surface area contributed by atoms with Crippen LogP contribution in [0, 0.1) is 13.8 Å². The van der Waals surface area contributed by atoms with Gasteiger partial charge in [0.1, 0.15) is 5.70 Å². The van der Waals surface area contributed by atoms with E-state index in [4.69, 9.17) is 14.2 Å². The molecule has 0 aromatic heterocycles. The van der Waals surface area contributed by atoms with Crippen LogP contribution in [0.15, 0.2) is 42.1 Å². The van der Waals surface area contributed by atoms with Crippen molar-refractivity contribution in [2.24, 2.45) is 0 Å². The first-order valence-electron chi connectivity index (χ1n) is 11.1. The van der Waals surface area contributed by atoms with Gasteiger partial charge in [-0.2, -0.15) is 0 Å². The summed E-state index contributed by atoms with van der Waals surface area (Å²) in [5, 5.41) is 0. The van der Waals surface area contributed by atoms with E-state index in [1.807, 2.05) is 50.8 Å². The lowest BCUT2D eigenvalue weighted by Gasteiger charge is -2.37. The van der Waals surface area contributed by atoms with E-state index in [2.05, 4.69) is 0 Å². The predicted octanol–water partition coefficient (Wildman–Crippen LogP) is 3.71. The van der Waals surface area contributed by atoms with Gasteiger partial charge in [-0.3, -0.25) is 9.59 Å². The van der Waals surface area contributed by atoms with Gasteiger partial charge in [0, 0.05) is 19.2 Å². The van der Waals surface area contributed by atoms with Crippen LogP contribution in [0.25, 0.3) is 5.57 Å². The zero-order valence-corrected chi connectivity index (χ0v) is 20.0. The summed E-state index contributed by atoms with van der Waals surface area (Å²) in [5.74, 6) is 0.286. The van der Waals surface area contributed by atoms with Crippen LogP contribution in [0.5, 0.6) is 11.5 Å². The topological polar surface area (TPSA) is 68.3 Å². The third kappa shape index (κ3) is 4.09. The van der Waals surface area contributed by atoms with E-state index in [1.165, 1.54) is 12.0 Å². The Kier molecular flexibility index (Phi) is 6.17. The first-order valence-corrected chi connectivity index (χ1v) is 11.1. The highest BCUT2D eigenvalue weighted by molar-refractivity contribution is 6.45.